The Morgan fingerprint density at radius 2 is 1.06 bits per heavy atom. The van der Waals surface area contributed by atoms with Gasteiger partial charge in [-0.05, 0) is 109 Å². The van der Waals surface area contributed by atoms with Crippen molar-refractivity contribution in [1.29, 1.82) is 0 Å². The summed E-state index contributed by atoms with van der Waals surface area (Å²) >= 11 is 1.86. The highest BCUT2D eigenvalue weighted by atomic mass is 32.1. The smallest absolute Gasteiger partial charge is 0.165 e. The molecule has 0 saturated heterocycles. The predicted molar refractivity (Wildman–Crippen MR) is 298 cm³/mol. The zero-order chi connectivity index (χ0) is 46.6. The van der Waals surface area contributed by atoms with Crippen molar-refractivity contribution in [1.82, 2.24) is 19.5 Å². The summed E-state index contributed by atoms with van der Waals surface area (Å²) in [6.45, 7) is 0. The Kier molecular flexibility index (Phi) is 8.99. The number of aromatic nitrogens is 4. The highest BCUT2D eigenvalue weighted by molar-refractivity contribution is 7.26. The zero-order valence-corrected chi connectivity index (χ0v) is 39.4. The van der Waals surface area contributed by atoms with Crippen LogP contribution in [-0.4, -0.2) is 19.5 Å². The molecule has 0 spiro atoms. The average molecular weight is 923 g/mol. The first-order valence-electron chi connectivity index (χ1n) is 24.5. The van der Waals surface area contributed by atoms with Crippen LogP contribution in [0, 0.1) is 0 Å². The number of para-hydroxylation sites is 2. The van der Waals surface area contributed by atoms with Crippen molar-refractivity contribution in [2.45, 2.75) is 18.8 Å². The Balaban J connectivity index is 1.06. The summed E-state index contributed by atoms with van der Waals surface area (Å²) in [7, 11) is 0. The Bertz CT molecular complexity index is 4480. The maximum atomic E-state index is 5.76. The molecule has 1 aliphatic carbocycles. The minimum absolute atomic E-state index is 0.0235. The van der Waals surface area contributed by atoms with Crippen LogP contribution in [0.2, 0.25) is 0 Å². The second-order valence-corrected chi connectivity index (χ2v) is 20.0. The summed E-state index contributed by atoms with van der Waals surface area (Å²) in [5.41, 5.74) is 12.9. The fourth-order valence-corrected chi connectivity index (χ4v) is 13.2. The van der Waals surface area contributed by atoms with Crippen LogP contribution in [0.3, 0.4) is 0 Å². The van der Waals surface area contributed by atoms with E-state index in [-0.39, 0.29) is 5.92 Å². The van der Waals surface area contributed by atoms with Crippen molar-refractivity contribution < 1.29 is 0 Å². The minimum atomic E-state index is 0.0235. The van der Waals surface area contributed by atoms with Crippen molar-refractivity contribution in [2.24, 2.45) is 0 Å². The van der Waals surface area contributed by atoms with E-state index in [1.165, 1.54) is 80.3 Å². The van der Waals surface area contributed by atoms with Gasteiger partial charge in [0, 0.05) is 59.2 Å². The number of benzene rings is 11. The Labute approximate surface area is 413 Å². The van der Waals surface area contributed by atoms with Gasteiger partial charge < -0.3 is 4.57 Å². The molecular weight excluding hydrogens is 881 g/mol. The normalized spacial score (nSPS) is 13.7. The first-order chi connectivity index (χ1) is 35.2. The van der Waals surface area contributed by atoms with Crippen LogP contribution in [0.5, 0.6) is 0 Å². The molecule has 3 aromatic heterocycles. The number of hydrogen-bond donors (Lipinski definition) is 0. The summed E-state index contributed by atoms with van der Waals surface area (Å²) in [5.74, 6) is 2.00. The molecule has 0 bridgehead atoms. The van der Waals surface area contributed by atoms with E-state index in [1.54, 1.807) is 0 Å². The number of aryl methyl sites for hydroxylation is 1. The maximum absolute atomic E-state index is 5.76. The van der Waals surface area contributed by atoms with E-state index in [2.05, 4.69) is 229 Å². The second-order valence-electron chi connectivity index (χ2n) is 18.9. The molecule has 0 aliphatic heterocycles. The van der Waals surface area contributed by atoms with Crippen LogP contribution < -0.4 is 0 Å². The molecule has 4 nitrogen and oxygen atoms in total. The molecule has 14 aromatic rings. The van der Waals surface area contributed by atoms with Crippen LogP contribution in [0.4, 0.5) is 0 Å². The first kappa shape index (κ1) is 40.1. The third kappa shape index (κ3) is 6.26. The number of rotatable bonds is 5. The van der Waals surface area contributed by atoms with Crippen LogP contribution in [-0.2, 0) is 6.42 Å². The molecule has 1 aliphatic rings. The fraction of sp³-hybridized carbons (Fsp3) is 0.0455. The summed E-state index contributed by atoms with van der Waals surface area (Å²) < 4.78 is 4.81. The van der Waals surface area contributed by atoms with Crippen molar-refractivity contribution in [3.05, 3.63) is 241 Å². The van der Waals surface area contributed by atoms with Gasteiger partial charge in [0.25, 0.3) is 0 Å². The largest absolute Gasteiger partial charge is 0.309 e. The predicted octanol–water partition coefficient (Wildman–Crippen LogP) is 17.5. The second kappa shape index (κ2) is 15.9. The topological polar surface area (TPSA) is 43.6 Å². The van der Waals surface area contributed by atoms with Gasteiger partial charge in [0.2, 0.25) is 0 Å². The van der Waals surface area contributed by atoms with E-state index < -0.39 is 0 Å². The first-order valence-corrected chi connectivity index (χ1v) is 25.3. The third-order valence-electron chi connectivity index (χ3n) is 15.1. The van der Waals surface area contributed by atoms with Gasteiger partial charge in [-0.25, -0.2) is 15.0 Å². The number of hydrogen-bond acceptors (Lipinski definition) is 4. The van der Waals surface area contributed by atoms with E-state index in [9.17, 15) is 0 Å². The van der Waals surface area contributed by atoms with E-state index in [0.717, 1.165) is 57.0 Å². The van der Waals surface area contributed by atoms with Crippen LogP contribution >= 0.6 is 11.3 Å². The van der Waals surface area contributed by atoms with Crippen molar-refractivity contribution >= 4 is 85.6 Å². The lowest BCUT2D eigenvalue weighted by Gasteiger charge is -2.24. The average Bonchev–Trinajstić information content (AvgIpc) is 3.94. The summed E-state index contributed by atoms with van der Waals surface area (Å²) in [6.07, 6.45) is 1.85. The lowest BCUT2D eigenvalue weighted by Crippen LogP contribution is -2.08. The molecule has 1 atom stereocenters. The number of thiophene rings is 1. The summed E-state index contributed by atoms with van der Waals surface area (Å²) in [6, 6.07) is 81.9. The third-order valence-corrected chi connectivity index (χ3v) is 16.3. The molecule has 71 heavy (non-hydrogen) atoms. The van der Waals surface area contributed by atoms with E-state index in [0.29, 0.717) is 17.5 Å². The van der Waals surface area contributed by atoms with Gasteiger partial charge in [-0.2, -0.15) is 0 Å². The van der Waals surface area contributed by atoms with Gasteiger partial charge in [-0.1, -0.05) is 188 Å². The molecule has 0 saturated carbocycles. The van der Waals surface area contributed by atoms with Gasteiger partial charge in [0.1, 0.15) is 0 Å². The molecule has 0 amide bonds. The molecule has 332 valence electrons. The van der Waals surface area contributed by atoms with Crippen LogP contribution in [0.1, 0.15) is 29.0 Å². The summed E-state index contributed by atoms with van der Waals surface area (Å²) in [5, 5.41) is 12.2. The van der Waals surface area contributed by atoms with Gasteiger partial charge in [-0.3, -0.25) is 0 Å². The summed E-state index contributed by atoms with van der Waals surface area (Å²) in [4.78, 5) is 17.0. The highest BCUT2D eigenvalue weighted by Gasteiger charge is 2.32. The minimum Gasteiger partial charge on any atom is -0.309 e. The standard InChI is InChI=1S/C66H42N4S/c1-2-21-45(22-3-1)70-57-31-14-12-26-49(57)50-35-34-44(39-58(50)70)64-67-65(54-30-16-20-40-17-6-7-23-46(40)54)69-66(68-64)62-60(51-27-10-11-28-52(51)61-55-29-13-15-32-59(55)71-63(61)62)53-36-33-43-37-41-18-4-5-19-42(41)38-56(43)48-25-9-8-24-47(48)53/h1-32,34-35,37-39,53H,33,36H2. The molecule has 0 N–H and O–H groups in total. The van der Waals surface area contributed by atoms with Crippen molar-refractivity contribution in [2.75, 3.05) is 0 Å². The molecule has 5 heteroatoms. The molecule has 3 heterocycles. The molecule has 0 fully saturated rings. The fourth-order valence-electron chi connectivity index (χ4n) is 11.9. The monoisotopic (exact) mass is 922 g/mol. The van der Waals surface area contributed by atoms with Crippen molar-refractivity contribution in [3.8, 4) is 51.0 Å². The van der Waals surface area contributed by atoms with Crippen LogP contribution in [0.25, 0.3) is 125 Å². The van der Waals surface area contributed by atoms with Crippen molar-refractivity contribution in [3.63, 3.8) is 0 Å². The maximum Gasteiger partial charge on any atom is 0.165 e. The number of fused-ring (bicyclic) bond motifs is 13. The van der Waals surface area contributed by atoms with E-state index in [1.807, 2.05) is 11.3 Å². The Morgan fingerprint density at radius 3 is 1.93 bits per heavy atom. The van der Waals surface area contributed by atoms with Gasteiger partial charge in [0.15, 0.2) is 17.5 Å². The molecule has 11 aromatic carbocycles. The lowest BCUT2D eigenvalue weighted by atomic mass is 9.80. The molecule has 1 unspecified atom stereocenters. The zero-order valence-electron chi connectivity index (χ0n) is 38.6. The lowest BCUT2D eigenvalue weighted by molar-refractivity contribution is 0.732. The highest BCUT2D eigenvalue weighted by Crippen LogP contribution is 2.52. The van der Waals surface area contributed by atoms with E-state index in [4.69, 9.17) is 15.0 Å². The Hall–Kier alpha value is -8.77. The van der Waals surface area contributed by atoms with Gasteiger partial charge >= 0.3 is 0 Å². The van der Waals surface area contributed by atoms with Gasteiger partial charge in [0.05, 0.1) is 11.0 Å². The Morgan fingerprint density at radius 1 is 0.423 bits per heavy atom. The van der Waals surface area contributed by atoms with Crippen LogP contribution in [0.15, 0.2) is 224 Å². The van der Waals surface area contributed by atoms with E-state index >= 15 is 0 Å². The quantitative estimate of drug-likeness (QED) is 0.173. The number of nitrogens with zero attached hydrogens (tertiary/aromatic N) is 4. The SMILES string of the molecule is c1ccc(-n2c3ccccc3c3ccc(-c4nc(-c5cccc6ccccc56)nc(-c5c(C6CCc7cc8ccccc8cc7-c7ccccc76)c6ccccc6c6c5sc5ccccc56)n4)cc32)cc1. The molecule has 15 rings (SSSR count). The molecular formula is C66H42N4S. The van der Waals surface area contributed by atoms with Gasteiger partial charge in [-0.15, -0.1) is 11.3 Å². The molecule has 0 radical (unpaired) electrons.